The van der Waals surface area contributed by atoms with Crippen LogP contribution in [0.25, 0.3) is 0 Å². The standard InChI is InChI=1S/C15H19ClN4O/c1-4-12-6-7-14(16)13(5-2)15(12)20(11(3)21)10-19-8-17-18-9-19/h6-9H,4-5,10H2,1-3H3. The third-order valence-electron chi connectivity index (χ3n) is 3.46. The monoisotopic (exact) mass is 306 g/mol. The van der Waals surface area contributed by atoms with E-state index in [0.717, 1.165) is 29.7 Å². The van der Waals surface area contributed by atoms with Crippen LogP contribution in [-0.4, -0.2) is 20.7 Å². The number of benzene rings is 1. The summed E-state index contributed by atoms with van der Waals surface area (Å²) in [6, 6.07) is 3.89. The van der Waals surface area contributed by atoms with Crippen molar-refractivity contribution in [2.24, 2.45) is 0 Å². The van der Waals surface area contributed by atoms with Crippen LogP contribution < -0.4 is 4.90 Å². The van der Waals surface area contributed by atoms with E-state index in [4.69, 9.17) is 11.6 Å². The number of carbonyl (C=O) groups excluding carboxylic acids is 1. The van der Waals surface area contributed by atoms with Gasteiger partial charge in [-0.3, -0.25) is 9.69 Å². The Morgan fingerprint density at radius 1 is 1.24 bits per heavy atom. The number of rotatable bonds is 5. The van der Waals surface area contributed by atoms with Crippen LogP contribution in [0.4, 0.5) is 5.69 Å². The van der Waals surface area contributed by atoms with E-state index >= 15 is 0 Å². The molecule has 0 saturated carbocycles. The van der Waals surface area contributed by atoms with Crippen LogP contribution in [0, 0.1) is 0 Å². The minimum Gasteiger partial charge on any atom is -0.301 e. The predicted octanol–water partition coefficient (Wildman–Crippen LogP) is 3.07. The Bertz CT molecular complexity index is 625. The molecule has 5 nitrogen and oxygen atoms in total. The van der Waals surface area contributed by atoms with E-state index in [0.29, 0.717) is 11.7 Å². The van der Waals surface area contributed by atoms with Crippen molar-refractivity contribution >= 4 is 23.2 Å². The zero-order valence-corrected chi connectivity index (χ0v) is 13.3. The summed E-state index contributed by atoms with van der Waals surface area (Å²) in [6.45, 7) is 6.05. The molecule has 0 spiro atoms. The maximum absolute atomic E-state index is 12.1. The number of nitrogens with zero attached hydrogens (tertiary/aromatic N) is 4. The normalized spacial score (nSPS) is 10.7. The lowest BCUT2D eigenvalue weighted by atomic mass is 10.0. The van der Waals surface area contributed by atoms with Crippen molar-refractivity contribution in [1.82, 2.24) is 14.8 Å². The summed E-state index contributed by atoms with van der Waals surface area (Å²) in [6.07, 6.45) is 4.80. The number of aromatic nitrogens is 3. The summed E-state index contributed by atoms with van der Waals surface area (Å²) in [5.41, 5.74) is 3.02. The predicted molar refractivity (Wildman–Crippen MR) is 83.4 cm³/mol. The lowest BCUT2D eigenvalue weighted by Crippen LogP contribution is -2.32. The van der Waals surface area contributed by atoms with Crippen LogP contribution in [0.15, 0.2) is 24.8 Å². The molecular weight excluding hydrogens is 288 g/mol. The van der Waals surface area contributed by atoms with E-state index in [1.54, 1.807) is 29.0 Å². The third kappa shape index (κ3) is 3.24. The van der Waals surface area contributed by atoms with Crippen LogP contribution in [0.5, 0.6) is 0 Å². The smallest absolute Gasteiger partial charge is 0.225 e. The summed E-state index contributed by atoms with van der Waals surface area (Å²) in [7, 11) is 0. The number of halogens is 1. The van der Waals surface area contributed by atoms with E-state index in [9.17, 15) is 4.79 Å². The molecule has 0 aliphatic carbocycles. The summed E-state index contributed by atoms with van der Waals surface area (Å²) in [5, 5.41) is 8.25. The molecule has 0 fully saturated rings. The van der Waals surface area contributed by atoms with Gasteiger partial charge >= 0.3 is 0 Å². The molecule has 0 aliphatic rings. The molecule has 0 saturated heterocycles. The fourth-order valence-electron chi connectivity index (χ4n) is 2.40. The fraction of sp³-hybridized carbons (Fsp3) is 0.400. The van der Waals surface area contributed by atoms with Crippen molar-refractivity contribution < 1.29 is 4.79 Å². The zero-order valence-electron chi connectivity index (χ0n) is 12.5. The van der Waals surface area contributed by atoms with E-state index in [2.05, 4.69) is 17.1 Å². The second-order valence-corrected chi connectivity index (χ2v) is 5.21. The van der Waals surface area contributed by atoms with Gasteiger partial charge < -0.3 is 4.57 Å². The van der Waals surface area contributed by atoms with Crippen molar-refractivity contribution in [3.63, 3.8) is 0 Å². The van der Waals surface area contributed by atoms with Crippen molar-refractivity contribution in [3.8, 4) is 0 Å². The molecule has 0 aliphatic heterocycles. The number of hydrogen-bond donors (Lipinski definition) is 0. The van der Waals surface area contributed by atoms with Crippen LogP contribution in [-0.2, 0) is 24.3 Å². The summed E-state index contributed by atoms with van der Waals surface area (Å²) < 4.78 is 1.77. The minimum atomic E-state index is -0.0321. The average molecular weight is 307 g/mol. The van der Waals surface area contributed by atoms with Gasteiger partial charge in [-0.1, -0.05) is 31.5 Å². The van der Waals surface area contributed by atoms with Gasteiger partial charge in [0.05, 0.1) is 5.69 Å². The summed E-state index contributed by atoms with van der Waals surface area (Å²) >= 11 is 6.32. The Kier molecular flexibility index (Phi) is 4.96. The van der Waals surface area contributed by atoms with Crippen molar-refractivity contribution in [3.05, 3.63) is 40.9 Å². The van der Waals surface area contributed by atoms with Crippen LogP contribution in [0.1, 0.15) is 31.9 Å². The first kappa shape index (κ1) is 15.5. The first-order valence-electron chi connectivity index (χ1n) is 6.99. The van der Waals surface area contributed by atoms with E-state index in [-0.39, 0.29) is 5.91 Å². The second-order valence-electron chi connectivity index (χ2n) is 4.81. The topological polar surface area (TPSA) is 51.0 Å². The molecule has 1 aromatic heterocycles. The molecule has 1 amide bonds. The van der Waals surface area contributed by atoms with E-state index < -0.39 is 0 Å². The van der Waals surface area contributed by atoms with Gasteiger partial charge in [-0.15, -0.1) is 10.2 Å². The number of anilines is 1. The van der Waals surface area contributed by atoms with Gasteiger partial charge in [0, 0.05) is 11.9 Å². The molecule has 0 unspecified atom stereocenters. The lowest BCUT2D eigenvalue weighted by molar-refractivity contribution is -0.116. The summed E-state index contributed by atoms with van der Waals surface area (Å²) in [5.74, 6) is -0.0321. The van der Waals surface area contributed by atoms with Crippen molar-refractivity contribution in [2.75, 3.05) is 4.90 Å². The van der Waals surface area contributed by atoms with Crippen molar-refractivity contribution in [2.45, 2.75) is 40.3 Å². The minimum absolute atomic E-state index is 0.0321. The number of carbonyl (C=O) groups is 1. The molecule has 2 rings (SSSR count). The van der Waals surface area contributed by atoms with Crippen LogP contribution >= 0.6 is 11.6 Å². The maximum Gasteiger partial charge on any atom is 0.225 e. The van der Waals surface area contributed by atoms with Gasteiger partial charge in [0.2, 0.25) is 5.91 Å². The molecule has 0 radical (unpaired) electrons. The molecule has 0 atom stereocenters. The SMILES string of the molecule is CCc1ccc(Cl)c(CC)c1N(Cn1cnnc1)C(C)=O. The molecule has 2 aromatic rings. The van der Waals surface area contributed by atoms with Gasteiger partial charge in [-0.25, -0.2) is 0 Å². The molecule has 1 aromatic carbocycles. The first-order valence-corrected chi connectivity index (χ1v) is 7.37. The molecule has 21 heavy (non-hydrogen) atoms. The van der Waals surface area contributed by atoms with E-state index in [1.165, 1.54) is 0 Å². The third-order valence-corrected chi connectivity index (χ3v) is 3.82. The Hall–Kier alpha value is -1.88. The highest BCUT2D eigenvalue weighted by Crippen LogP contribution is 2.33. The molecule has 1 heterocycles. The molecular formula is C15H19ClN4O. The van der Waals surface area contributed by atoms with Gasteiger partial charge in [0.15, 0.2) is 0 Å². The van der Waals surface area contributed by atoms with Crippen LogP contribution in [0.3, 0.4) is 0 Å². The first-order chi connectivity index (χ1) is 10.1. The highest BCUT2D eigenvalue weighted by molar-refractivity contribution is 6.32. The van der Waals surface area contributed by atoms with Crippen molar-refractivity contribution in [1.29, 1.82) is 0 Å². The number of amides is 1. The highest BCUT2D eigenvalue weighted by atomic mass is 35.5. The number of hydrogen-bond acceptors (Lipinski definition) is 3. The Morgan fingerprint density at radius 3 is 2.43 bits per heavy atom. The molecule has 6 heteroatoms. The Morgan fingerprint density at radius 2 is 1.90 bits per heavy atom. The van der Waals surface area contributed by atoms with Gasteiger partial charge in [-0.05, 0) is 30.0 Å². The number of aryl methyl sites for hydroxylation is 1. The quantitative estimate of drug-likeness (QED) is 0.853. The Labute approximate surface area is 129 Å². The largest absolute Gasteiger partial charge is 0.301 e. The molecule has 112 valence electrons. The van der Waals surface area contributed by atoms with E-state index in [1.807, 2.05) is 19.1 Å². The van der Waals surface area contributed by atoms with Crippen LogP contribution in [0.2, 0.25) is 5.02 Å². The molecule has 0 N–H and O–H groups in total. The Balaban J connectivity index is 2.53. The highest BCUT2D eigenvalue weighted by Gasteiger charge is 2.20. The second kappa shape index (κ2) is 6.72. The summed E-state index contributed by atoms with van der Waals surface area (Å²) in [4.78, 5) is 13.9. The molecule has 0 bridgehead atoms. The van der Waals surface area contributed by atoms with Gasteiger partial charge in [0.1, 0.15) is 19.3 Å². The van der Waals surface area contributed by atoms with Gasteiger partial charge in [0.25, 0.3) is 0 Å². The zero-order chi connectivity index (χ0) is 15.4. The van der Waals surface area contributed by atoms with Gasteiger partial charge in [-0.2, -0.15) is 0 Å². The maximum atomic E-state index is 12.1. The lowest BCUT2D eigenvalue weighted by Gasteiger charge is -2.27. The fourth-order valence-corrected chi connectivity index (χ4v) is 2.69. The average Bonchev–Trinajstić information content (AvgIpc) is 2.97.